The van der Waals surface area contributed by atoms with E-state index in [0.29, 0.717) is 0 Å². The third-order valence-electron chi connectivity index (χ3n) is 16.3. The van der Waals surface area contributed by atoms with Gasteiger partial charge in [-0.05, 0) is 131 Å². The summed E-state index contributed by atoms with van der Waals surface area (Å²) < 4.78 is 9.47. The Morgan fingerprint density at radius 2 is 0.803 bits per heavy atom. The second-order valence-corrected chi connectivity index (χ2v) is 21.2. The van der Waals surface area contributed by atoms with E-state index in [4.69, 9.17) is 4.74 Å². The van der Waals surface area contributed by atoms with E-state index < -0.39 is 5.41 Å². The average molecular weight is 984 g/mol. The topological polar surface area (TPSA) is 12.5 Å². The zero-order chi connectivity index (χ0) is 49.9. The van der Waals surface area contributed by atoms with Crippen LogP contribution in [0.25, 0.3) is 97.0 Å². The Morgan fingerprint density at radius 3 is 1.58 bits per heavy atom. The molecule has 0 bridgehead atoms. The molecule has 2 heterocycles. The molecule has 354 valence electrons. The molecule has 0 atom stereocenters. The van der Waals surface area contributed by atoms with Gasteiger partial charge in [0.25, 0.3) is 0 Å². The number of ether oxygens (including phenoxy) is 1. The van der Waals surface area contributed by atoms with Gasteiger partial charge in [-0.2, -0.15) is 0 Å². The minimum atomic E-state index is -0.612. The Labute approximate surface area is 444 Å². The number of anilines is 3. The van der Waals surface area contributed by atoms with E-state index in [2.05, 4.69) is 278 Å². The fourth-order valence-electron chi connectivity index (χ4n) is 13.1. The molecule has 0 unspecified atom stereocenters. The highest BCUT2D eigenvalue weighted by Gasteiger charge is 2.51. The standard InChI is InChI=1S/C73H45NOS/c1-3-21-51-46(18-1)20-15-29-52(51)47-38-40-49(41-39-47)74(50-42-43-70-67(45-50)73(66-35-13-14-37-69(66)75-70)64-33-11-9-27-58(64)59-28-10-12-34-65(59)73)68-36-17-32-62-61-31-16-30-60(71(61)76-72(62)68)55-24-6-8-26-57(55)63-44-48-19-2-4-22-53(48)54-23-5-7-25-56(54)63/h1-45H. The lowest BCUT2D eigenvalue weighted by Gasteiger charge is -2.40. The summed E-state index contributed by atoms with van der Waals surface area (Å²) in [5.74, 6) is 1.75. The molecule has 3 heteroatoms. The third-order valence-corrected chi connectivity index (χ3v) is 17.6. The summed E-state index contributed by atoms with van der Waals surface area (Å²) in [6.07, 6.45) is 0. The van der Waals surface area contributed by atoms with Gasteiger partial charge in [-0.3, -0.25) is 0 Å². The van der Waals surface area contributed by atoms with Crippen LogP contribution in [0.15, 0.2) is 273 Å². The number of benzene rings is 13. The predicted octanol–water partition coefficient (Wildman–Crippen LogP) is 20.5. The van der Waals surface area contributed by atoms with Gasteiger partial charge in [0.15, 0.2) is 0 Å². The molecule has 1 aliphatic heterocycles. The lowest BCUT2D eigenvalue weighted by Crippen LogP contribution is -2.32. The Bertz CT molecular complexity index is 4650. The summed E-state index contributed by atoms with van der Waals surface area (Å²) in [5.41, 5.74) is 17.3. The van der Waals surface area contributed by atoms with Crippen molar-refractivity contribution < 1.29 is 4.74 Å². The molecule has 0 radical (unpaired) electrons. The van der Waals surface area contributed by atoms with Crippen molar-refractivity contribution in [2.24, 2.45) is 0 Å². The van der Waals surface area contributed by atoms with Gasteiger partial charge in [0, 0.05) is 43.5 Å². The Kier molecular flexibility index (Phi) is 9.45. The van der Waals surface area contributed by atoms with Crippen molar-refractivity contribution in [1.29, 1.82) is 0 Å². The Hall–Kier alpha value is -9.54. The minimum absolute atomic E-state index is 0.612. The van der Waals surface area contributed by atoms with Crippen molar-refractivity contribution in [2.75, 3.05) is 4.90 Å². The Balaban J connectivity index is 0.927. The number of thiophene rings is 1. The SMILES string of the molecule is c1ccc2c(c1)Oc1ccc(N(c3ccc(-c4cccc5ccccc45)cc3)c3cccc4c3sc3c(-c5ccccc5-c5cc6ccccc6c6ccccc56)cccc34)cc1C21c2ccccc2-c2ccccc21. The molecule has 76 heavy (non-hydrogen) atoms. The molecule has 0 saturated heterocycles. The molecule has 13 aromatic carbocycles. The molecule has 1 aliphatic carbocycles. The quantitative estimate of drug-likeness (QED) is 0.154. The third kappa shape index (κ3) is 6.21. The van der Waals surface area contributed by atoms with E-state index in [1.54, 1.807) is 0 Å². The first-order valence-corrected chi connectivity index (χ1v) is 27.0. The first-order chi connectivity index (χ1) is 37.7. The second kappa shape index (κ2) is 16.7. The van der Waals surface area contributed by atoms with Crippen LogP contribution in [0.5, 0.6) is 11.5 Å². The summed E-state index contributed by atoms with van der Waals surface area (Å²) in [7, 11) is 0. The number of fused-ring (bicyclic) bond motifs is 16. The molecular weight excluding hydrogens is 939 g/mol. The van der Waals surface area contributed by atoms with E-state index in [9.17, 15) is 0 Å². The minimum Gasteiger partial charge on any atom is -0.457 e. The summed E-state index contributed by atoms with van der Waals surface area (Å²) >= 11 is 1.89. The number of nitrogens with zero attached hydrogens (tertiary/aromatic N) is 1. The maximum atomic E-state index is 6.98. The molecule has 1 aromatic heterocycles. The van der Waals surface area contributed by atoms with E-state index in [1.807, 2.05) is 11.3 Å². The van der Waals surface area contributed by atoms with E-state index in [1.165, 1.54) is 108 Å². The van der Waals surface area contributed by atoms with E-state index >= 15 is 0 Å². The number of hydrogen-bond donors (Lipinski definition) is 0. The first kappa shape index (κ1) is 42.9. The maximum absolute atomic E-state index is 6.98. The van der Waals surface area contributed by atoms with Gasteiger partial charge in [-0.25, -0.2) is 0 Å². The van der Waals surface area contributed by atoms with Crippen molar-refractivity contribution in [3.8, 4) is 56.0 Å². The second-order valence-electron chi connectivity index (χ2n) is 20.2. The molecule has 0 saturated carbocycles. The van der Waals surface area contributed by atoms with Crippen molar-refractivity contribution in [1.82, 2.24) is 0 Å². The number of hydrogen-bond acceptors (Lipinski definition) is 3. The molecule has 2 nitrogen and oxygen atoms in total. The van der Waals surface area contributed by atoms with Gasteiger partial charge in [-0.15, -0.1) is 11.3 Å². The number of rotatable bonds is 6. The molecule has 1 spiro atoms. The molecule has 0 N–H and O–H groups in total. The van der Waals surface area contributed by atoms with Gasteiger partial charge in [0.1, 0.15) is 11.5 Å². The molecule has 0 amide bonds. The van der Waals surface area contributed by atoms with Gasteiger partial charge in [-0.1, -0.05) is 224 Å². The normalized spacial score (nSPS) is 12.9. The summed E-state index contributed by atoms with van der Waals surface area (Å²) in [5, 5.41) is 10.00. The van der Waals surface area contributed by atoms with Crippen LogP contribution in [-0.4, -0.2) is 0 Å². The van der Waals surface area contributed by atoms with Crippen LogP contribution >= 0.6 is 11.3 Å². The smallest absolute Gasteiger partial charge is 0.132 e. The van der Waals surface area contributed by atoms with Crippen LogP contribution in [0.3, 0.4) is 0 Å². The van der Waals surface area contributed by atoms with Crippen molar-refractivity contribution >= 4 is 80.9 Å². The molecule has 14 aromatic rings. The van der Waals surface area contributed by atoms with Crippen molar-refractivity contribution in [3.05, 3.63) is 295 Å². The Morgan fingerprint density at radius 1 is 0.289 bits per heavy atom. The van der Waals surface area contributed by atoms with Gasteiger partial charge in [0.05, 0.1) is 15.8 Å². The number of para-hydroxylation sites is 1. The largest absolute Gasteiger partial charge is 0.457 e. The van der Waals surface area contributed by atoms with Crippen LogP contribution in [-0.2, 0) is 5.41 Å². The molecule has 0 fully saturated rings. The summed E-state index contributed by atoms with van der Waals surface area (Å²) in [6, 6.07) is 101. The van der Waals surface area contributed by atoms with Gasteiger partial charge in [0.2, 0.25) is 0 Å². The van der Waals surface area contributed by atoms with Crippen LogP contribution in [0, 0.1) is 0 Å². The fourth-order valence-corrected chi connectivity index (χ4v) is 14.4. The molecule has 2 aliphatic rings. The predicted molar refractivity (Wildman–Crippen MR) is 320 cm³/mol. The monoisotopic (exact) mass is 983 g/mol. The van der Waals surface area contributed by atoms with E-state index in [-0.39, 0.29) is 0 Å². The lowest BCUT2D eigenvalue weighted by molar-refractivity contribution is 0.436. The summed E-state index contributed by atoms with van der Waals surface area (Å²) in [4.78, 5) is 2.49. The molecular formula is C73H45NOS. The fraction of sp³-hybridized carbons (Fsp3) is 0.0137. The maximum Gasteiger partial charge on any atom is 0.132 e. The average Bonchev–Trinajstić information content (AvgIpc) is 4.18. The van der Waals surface area contributed by atoms with E-state index in [0.717, 1.165) is 39.7 Å². The molecule has 16 rings (SSSR count). The van der Waals surface area contributed by atoms with Crippen LogP contribution < -0.4 is 9.64 Å². The zero-order valence-corrected chi connectivity index (χ0v) is 42.1. The highest BCUT2D eigenvalue weighted by atomic mass is 32.1. The van der Waals surface area contributed by atoms with Crippen molar-refractivity contribution in [2.45, 2.75) is 5.41 Å². The highest BCUT2D eigenvalue weighted by Crippen LogP contribution is 2.63. The summed E-state index contributed by atoms with van der Waals surface area (Å²) in [6.45, 7) is 0. The van der Waals surface area contributed by atoms with Gasteiger partial charge < -0.3 is 9.64 Å². The van der Waals surface area contributed by atoms with Crippen LogP contribution in [0.1, 0.15) is 22.3 Å². The van der Waals surface area contributed by atoms with Crippen LogP contribution in [0.4, 0.5) is 17.1 Å². The van der Waals surface area contributed by atoms with Gasteiger partial charge >= 0.3 is 0 Å². The van der Waals surface area contributed by atoms with Crippen molar-refractivity contribution in [3.63, 3.8) is 0 Å². The highest BCUT2D eigenvalue weighted by molar-refractivity contribution is 7.27. The van der Waals surface area contributed by atoms with Crippen LogP contribution in [0.2, 0.25) is 0 Å². The lowest BCUT2D eigenvalue weighted by atomic mass is 9.66. The first-order valence-electron chi connectivity index (χ1n) is 26.1. The zero-order valence-electron chi connectivity index (χ0n) is 41.2.